The first-order chi connectivity index (χ1) is 14.7. The minimum Gasteiger partial charge on any atom is -0.504 e. The molecule has 0 aromatic heterocycles. The summed E-state index contributed by atoms with van der Waals surface area (Å²) in [5, 5.41) is 58.4. The van der Waals surface area contributed by atoms with Crippen LogP contribution in [0.15, 0.2) is 48.5 Å². The first kappa shape index (κ1) is 20.2. The number of hydrogen-bond acceptors (Lipinski definition) is 8. The molecule has 31 heavy (non-hydrogen) atoms. The summed E-state index contributed by atoms with van der Waals surface area (Å²) in [5.41, 5.74) is 2.31. The first-order valence-corrected chi connectivity index (χ1v) is 9.52. The van der Waals surface area contributed by atoms with Crippen molar-refractivity contribution in [2.75, 3.05) is 0 Å². The summed E-state index contributed by atoms with van der Waals surface area (Å²) in [6.45, 7) is 0. The number of hydrogen-bond donors (Lipinski definition) is 6. The Balaban J connectivity index is 1.70. The summed E-state index contributed by atoms with van der Waals surface area (Å²) in [4.78, 5) is 12.7. The fourth-order valence-electron chi connectivity index (χ4n) is 3.91. The lowest BCUT2D eigenvalue weighted by Gasteiger charge is -2.33. The molecule has 3 aromatic carbocycles. The Morgan fingerprint density at radius 1 is 0.742 bits per heavy atom. The summed E-state index contributed by atoms with van der Waals surface area (Å²) >= 11 is 0. The average Bonchev–Trinajstić information content (AvgIpc) is 2.74. The van der Waals surface area contributed by atoms with Crippen molar-refractivity contribution >= 4 is 5.97 Å². The second-order valence-corrected chi connectivity index (χ2v) is 7.50. The van der Waals surface area contributed by atoms with E-state index >= 15 is 0 Å². The van der Waals surface area contributed by atoms with Gasteiger partial charge in [-0.1, -0.05) is 24.3 Å². The fraction of sp³-hybridized carbons (Fsp3) is 0.174. The number of aromatic hydroxyl groups is 6. The van der Waals surface area contributed by atoms with Crippen LogP contribution in [0.1, 0.15) is 33.0 Å². The average molecular weight is 424 g/mol. The molecule has 0 amide bonds. The molecular weight excluding hydrogens is 404 g/mol. The van der Waals surface area contributed by atoms with E-state index in [0.717, 1.165) is 23.3 Å². The number of esters is 1. The molecule has 0 bridgehead atoms. The van der Waals surface area contributed by atoms with E-state index in [2.05, 4.69) is 0 Å². The van der Waals surface area contributed by atoms with Crippen LogP contribution in [0.5, 0.6) is 34.5 Å². The monoisotopic (exact) mass is 424 g/mol. The molecule has 0 saturated heterocycles. The molecule has 6 N–H and O–H groups in total. The Kier molecular flexibility index (Phi) is 4.98. The zero-order valence-corrected chi connectivity index (χ0v) is 16.2. The Hall–Kier alpha value is -4.07. The van der Waals surface area contributed by atoms with Gasteiger partial charge in [0.25, 0.3) is 0 Å². The Morgan fingerprint density at radius 2 is 1.23 bits per heavy atom. The van der Waals surface area contributed by atoms with Gasteiger partial charge >= 0.3 is 5.97 Å². The fourth-order valence-corrected chi connectivity index (χ4v) is 3.91. The van der Waals surface area contributed by atoms with Crippen molar-refractivity contribution in [1.82, 2.24) is 0 Å². The van der Waals surface area contributed by atoms with Crippen LogP contribution in [-0.4, -0.2) is 42.7 Å². The van der Waals surface area contributed by atoms with Crippen LogP contribution >= 0.6 is 0 Å². The lowest BCUT2D eigenvalue weighted by Crippen LogP contribution is -2.33. The highest BCUT2D eigenvalue weighted by Gasteiger charge is 2.34. The maximum atomic E-state index is 12.7. The third-order valence-corrected chi connectivity index (χ3v) is 5.51. The zero-order chi connectivity index (χ0) is 22.3. The van der Waals surface area contributed by atoms with E-state index in [1.54, 1.807) is 0 Å². The molecule has 0 saturated carbocycles. The molecule has 160 valence electrons. The molecule has 1 aliphatic rings. The van der Waals surface area contributed by atoms with Gasteiger partial charge in [0.1, 0.15) is 6.10 Å². The van der Waals surface area contributed by atoms with Crippen molar-refractivity contribution in [2.45, 2.75) is 24.9 Å². The summed E-state index contributed by atoms with van der Waals surface area (Å²) < 4.78 is 5.69. The summed E-state index contributed by atoms with van der Waals surface area (Å²) in [6, 6.07) is 12.2. The third kappa shape index (κ3) is 3.75. The lowest BCUT2D eigenvalue weighted by atomic mass is 9.78. The minimum absolute atomic E-state index is 0.151. The third-order valence-electron chi connectivity index (χ3n) is 5.51. The van der Waals surface area contributed by atoms with Crippen LogP contribution in [0.3, 0.4) is 0 Å². The molecule has 4 rings (SSSR count). The number of phenols is 6. The summed E-state index contributed by atoms with van der Waals surface area (Å²) in [6.07, 6.45) is 0.0957. The highest BCUT2D eigenvalue weighted by atomic mass is 16.5. The smallest absolute Gasteiger partial charge is 0.338 e. The van der Waals surface area contributed by atoms with Crippen LogP contribution in [0, 0.1) is 0 Å². The number of carbonyl (C=O) groups is 1. The maximum absolute atomic E-state index is 12.7. The molecule has 0 aliphatic heterocycles. The second-order valence-electron chi connectivity index (χ2n) is 7.50. The van der Waals surface area contributed by atoms with Gasteiger partial charge in [0, 0.05) is 12.3 Å². The topological polar surface area (TPSA) is 148 Å². The SMILES string of the molecule is O=C(OC1Cc2ccccc2CC1c1cc(O)c(O)c(O)c1)c1cc(O)c(O)c(O)c1. The molecule has 0 fully saturated rings. The van der Waals surface area contributed by atoms with Crippen molar-refractivity contribution in [3.63, 3.8) is 0 Å². The second kappa shape index (κ2) is 7.64. The van der Waals surface area contributed by atoms with Crippen molar-refractivity contribution in [3.8, 4) is 34.5 Å². The van der Waals surface area contributed by atoms with Gasteiger partial charge in [0.15, 0.2) is 34.5 Å². The standard InChI is InChI=1S/C23H20O8/c24-16-6-13(7-17(25)21(16)28)15-5-11-3-1-2-4-12(11)10-20(15)31-23(30)14-8-18(26)22(29)19(27)9-14/h1-4,6-9,15,20,24-29H,5,10H2. The van der Waals surface area contributed by atoms with Crippen molar-refractivity contribution < 1.29 is 40.2 Å². The van der Waals surface area contributed by atoms with E-state index in [1.807, 2.05) is 24.3 Å². The molecule has 2 atom stereocenters. The molecule has 0 radical (unpaired) electrons. The van der Waals surface area contributed by atoms with Gasteiger partial charge in [-0.25, -0.2) is 4.79 Å². The zero-order valence-electron chi connectivity index (χ0n) is 16.2. The number of carbonyl (C=O) groups excluding carboxylic acids is 1. The molecule has 8 nitrogen and oxygen atoms in total. The number of benzene rings is 3. The molecule has 0 heterocycles. The number of fused-ring (bicyclic) bond motifs is 1. The largest absolute Gasteiger partial charge is 0.504 e. The Labute approximate surface area is 176 Å². The molecular formula is C23H20O8. The Bertz CT molecular complexity index is 1120. The van der Waals surface area contributed by atoms with Crippen molar-refractivity contribution in [3.05, 3.63) is 70.8 Å². The molecule has 0 spiro atoms. The lowest BCUT2D eigenvalue weighted by molar-refractivity contribution is 0.0215. The van der Waals surface area contributed by atoms with Gasteiger partial charge in [-0.2, -0.15) is 0 Å². The summed E-state index contributed by atoms with van der Waals surface area (Å²) in [7, 11) is 0. The van der Waals surface area contributed by atoms with E-state index in [9.17, 15) is 35.4 Å². The van der Waals surface area contributed by atoms with Gasteiger partial charge in [0.05, 0.1) is 5.56 Å². The predicted octanol–water partition coefficient (Wildman–Crippen LogP) is 3.03. The van der Waals surface area contributed by atoms with E-state index in [1.165, 1.54) is 12.1 Å². The number of phenolic OH excluding ortho intramolecular Hbond substituents is 6. The maximum Gasteiger partial charge on any atom is 0.338 e. The van der Waals surface area contributed by atoms with Crippen LogP contribution < -0.4 is 0 Å². The molecule has 1 aliphatic carbocycles. The van der Waals surface area contributed by atoms with E-state index in [0.29, 0.717) is 18.4 Å². The van der Waals surface area contributed by atoms with E-state index in [4.69, 9.17) is 4.74 Å². The van der Waals surface area contributed by atoms with Gasteiger partial charge in [-0.3, -0.25) is 0 Å². The quantitative estimate of drug-likeness (QED) is 0.278. The summed E-state index contributed by atoms with van der Waals surface area (Å²) in [5.74, 6) is -4.96. The van der Waals surface area contributed by atoms with Crippen molar-refractivity contribution in [1.29, 1.82) is 0 Å². The van der Waals surface area contributed by atoms with Crippen LogP contribution in [0.2, 0.25) is 0 Å². The van der Waals surface area contributed by atoms with E-state index < -0.39 is 52.5 Å². The van der Waals surface area contributed by atoms with Crippen LogP contribution in [0.25, 0.3) is 0 Å². The van der Waals surface area contributed by atoms with Gasteiger partial charge in [0.2, 0.25) is 0 Å². The van der Waals surface area contributed by atoms with Crippen LogP contribution in [0.4, 0.5) is 0 Å². The molecule has 3 aromatic rings. The number of ether oxygens (including phenoxy) is 1. The highest BCUT2D eigenvalue weighted by Crippen LogP contribution is 2.42. The number of rotatable bonds is 3. The first-order valence-electron chi connectivity index (χ1n) is 9.52. The molecule has 2 unspecified atom stereocenters. The predicted molar refractivity (Wildman–Crippen MR) is 109 cm³/mol. The van der Waals surface area contributed by atoms with Gasteiger partial charge in [-0.15, -0.1) is 0 Å². The minimum atomic E-state index is -0.827. The van der Waals surface area contributed by atoms with E-state index in [-0.39, 0.29) is 5.56 Å². The molecule has 8 heteroatoms. The van der Waals surface area contributed by atoms with Crippen LogP contribution in [-0.2, 0) is 17.6 Å². The highest BCUT2D eigenvalue weighted by molar-refractivity contribution is 5.91. The normalized spacial score (nSPS) is 17.7. The van der Waals surface area contributed by atoms with Gasteiger partial charge in [-0.05, 0) is 47.4 Å². The Morgan fingerprint density at radius 3 is 1.77 bits per heavy atom. The van der Waals surface area contributed by atoms with Gasteiger partial charge < -0.3 is 35.4 Å². The van der Waals surface area contributed by atoms with Crippen molar-refractivity contribution in [2.24, 2.45) is 0 Å².